The van der Waals surface area contributed by atoms with E-state index in [1.807, 2.05) is 32.0 Å². The standard InChI is InChI=1S/C26H23NO6S/c1-16-5-11-22-20(14-25(28)33-23(22)12-16)15-32-26(29)19-7-9-21(10-8-19)27-34(30,31)24-13-17(2)4-6-18(24)3/h4-14,27H,15H2,1-3H3. The molecule has 1 heterocycles. The van der Waals surface area contributed by atoms with Gasteiger partial charge in [0.2, 0.25) is 0 Å². The van der Waals surface area contributed by atoms with Crippen LogP contribution in [0.25, 0.3) is 11.0 Å². The number of hydrogen-bond donors (Lipinski definition) is 1. The van der Waals surface area contributed by atoms with Crippen LogP contribution < -0.4 is 10.3 Å². The predicted octanol–water partition coefficient (Wildman–Crippen LogP) is 4.88. The van der Waals surface area contributed by atoms with Crippen LogP contribution in [0.4, 0.5) is 5.69 Å². The molecule has 0 atom stereocenters. The fourth-order valence-corrected chi connectivity index (χ4v) is 4.95. The SMILES string of the molecule is Cc1ccc(C)c(S(=O)(=O)Nc2ccc(C(=O)OCc3cc(=O)oc4cc(C)ccc34)cc2)c1. The topological polar surface area (TPSA) is 103 Å². The molecule has 0 spiro atoms. The second-order valence-corrected chi connectivity index (χ2v) is 9.77. The van der Waals surface area contributed by atoms with Gasteiger partial charge in [-0.2, -0.15) is 0 Å². The maximum atomic E-state index is 12.8. The quantitative estimate of drug-likeness (QED) is 0.314. The normalized spacial score (nSPS) is 11.4. The number of aryl methyl sites for hydroxylation is 3. The van der Waals surface area contributed by atoms with Crippen LogP contribution in [0.2, 0.25) is 0 Å². The van der Waals surface area contributed by atoms with Crippen LogP contribution in [0.3, 0.4) is 0 Å². The molecule has 0 radical (unpaired) electrons. The molecule has 0 fully saturated rings. The van der Waals surface area contributed by atoms with Crippen LogP contribution >= 0.6 is 0 Å². The van der Waals surface area contributed by atoms with Gasteiger partial charge >= 0.3 is 11.6 Å². The number of hydrogen-bond acceptors (Lipinski definition) is 6. The molecule has 174 valence electrons. The zero-order valence-corrected chi connectivity index (χ0v) is 19.7. The van der Waals surface area contributed by atoms with E-state index in [1.54, 1.807) is 25.1 Å². The van der Waals surface area contributed by atoms with Gasteiger partial charge in [-0.05, 0) is 73.9 Å². The number of carbonyl (C=O) groups is 1. The summed E-state index contributed by atoms with van der Waals surface area (Å²) in [5.41, 5.74) is 3.43. The van der Waals surface area contributed by atoms with Crippen LogP contribution in [-0.4, -0.2) is 14.4 Å². The molecular weight excluding hydrogens is 454 g/mol. The Morgan fingerprint density at radius 3 is 2.32 bits per heavy atom. The number of ether oxygens (including phenoxy) is 1. The fraction of sp³-hybridized carbons (Fsp3) is 0.154. The molecule has 0 aliphatic carbocycles. The van der Waals surface area contributed by atoms with Crippen molar-refractivity contribution in [2.45, 2.75) is 32.3 Å². The number of nitrogens with one attached hydrogen (secondary N) is 1. The number of anilines is 1. The fourth-order valence-electron chi connectivity index (χ4n) is 3.56. The first-order valence-electron chi connectivity index (χ1n) is 10.5. The average molecular weight is 478 g/mol. The second-order valence-electron chi connectivity index (χ2n) is 8.12. The highest BCUT2D eigenvalue weighted by atomic mass is 32.2. The minimum atomic E-state index is -3.78. The van der Waals surface area contributed by atoms with Gasteiger partial charge < -0.3 is 9.15 Å². The highest BCUT2D eigenvalue weighted by Crippen LogP contribution is 2.22. The van der Waals surface area contributed by atoms with E-state index < -0.39 is 21.6 Å². The first kappa shape index (κ1) is 23.3. The van der Waals surface area contributed by atoms with Gasteiger partial charge in [-0.15, -0.1) is 0 Å². The molecule has 0 saturated carbocycles. The molecule has 0 aliphatic rings. The van der Waals surface area contributed by atoms with E-state index >= 15 is 0 Å². The lowest BCUT2D eigenvalue weighted by atomic mass is 10.1. The summed E-state index contributed by atoms with van der Waals surface area (Å²) in [5, 5.41) is 0.689. The van der Waals surface area contributed by atoms with E-state index in [9.17, 15) is 18.0 Å². The van der Waals surface area contributed by atoms with Crippen LogP contribution in [-0.2, 0) is 21.4 Å². The number of sulfonamides is 1. The first-order chi connectivity index (χ1) is 16.1. The molecule has 0 amide bonds. The van der Waals surface area contributed by atoms with Crippen LogP contribution in [0.1, 0.15) is 32.6 Å². The van der Waals surface area contributed by atoms with Gasteiger partial charge in [-0.25, -0.2) is 18.0 Å². The van der Waals surface area contributed by atoms with Crippen molar-refractivity contribution in [3.05, 3.63) is 105 Å². The molecule has 0 bridgehead atoms. The highest BCUT2D eigenvalue weighted by molar-refractivity contribution is 7.92. The van der Waals surface area contributed by atoms with Gasteiger partial charge in [0, 0.05) is 22.7 Å². The summed E-state index contributed by atoms with van der Waals surface area (Å²) in [7, 11) is -3.78. The van der Waals surface area contributed by atoms with Gasteiger partial charge in [0.05, 0.1) is 10.5 Å². The van der Waals surface area contributed by atoms with Crippen LogP contribution in [0.15, 0.2) is 80.8 Å². The van der Waals surface area contributed by atoms with Crippen molar-refractivity contribution in [3.63, 3.8) is 0 Å². The Morgan fingerprint density at radius 1 is 0.912 bits per heavy atom. The number of benzene rings is 3. The molecule has 34 heavy (non-hydrogen) atoms. The van der Waals surface area contributed by atoms with Crippen molar-refractivity contribution in [2.24, 2.45) is 0 Å². The minimum absolute atomic E-state index is 0.106. The van der Waals surface area contributed by atoms with E-state index in [2.05, 4.69) is 4.72 Å². The lowest BCUT2D eigenvalue weighted by Crippen LogP contribution is -2.14. The van der Waals surface area contributed by atoms with Crippen molar-refractivity contribution >= 4 is 32.6 Å². The molecule has 1 N–H and O–H groups in total. The maximum Gasteiger partial charge on any atom is 0.338 e. The highest BCUT2D eigenvalue weighted by Gasteiger charge is 2.18. The Bertz CT molecular complexity index is 1550. The molecule has 7 nitrogen and oxygen atoms in total. The Labute approximate surface area is 197 Å². The smallest absolute Gasteiger partial charge is 0.338 e. The molecule has 4 rings (SSSR count). The maximum absolute atomic E-state index is 12.8. The summed E-state index contributed by atoms with van der Waals surface area (Å²) in [5.74, 6) is -0.600. The number of esters is 1. The molecule has 3 aromatic carbocycles. The molecule has 8 heteroatoms. The third-order valence-corrected chi connectivity index (χ3v) is 6.87. The van der Waals surface area contributed by atoms with E-state index in [0.717, 1.165) is 11.1 Å². The lowest BCUT2D eigenvalue weighted by Gasteiger charge is -2.12. The zero-order chi connectivity index (χ0) is 24.5. The Morgan fingerprint density at radius 2 is 1.59 bits per heavy atom. The molecule has 0 unspecified atom stereocenters. The lowest BCUT2D eigenvalue weighted by molar-refractivity contribution is 0.0474. The summed E-state index contributed by atoms with van der Waals surface area (Å²) in [6, 6.07) is 17.9. The second kappa shape index (κ2) is 9.15. The Kier molecular flexibility index (Phi) is 6.26. The predicted molar refractivity (Wildman–Crippen MR) is 130 cm³/mol. The Balaban J connectivity index is 1.47. The minimum Gasteiger partial charge on any atom is -0.457 e. The van der Waals surface area contributed by atoms with Crippen molar-refractivity contribution < 1.29 is 22.4 Å². The van der Waals surface area contributed by atoms with Gasteiger partial charge in [0.25, 0.3) is 10.0 Å². The zero-order valence-electron chi connectivity index (χ0n) is 18.9. The molecule has 0 aliphatic heterocycles. The summed E-state index contributed by atoms with van der Waals surface area (Å²) >= 11 is 0. The van der Waals surface area contributed by atoms with E-state index in [4.69, 9.17) is 9.15 Å². The van der Waals surface area contributed by atoms with E-state index in [0.29, 0.717) is 27.8 Å². The van der Waals surface area contributed by atoms with Crippen molar-refractivity contribution in [1.82, 2.24) is 0 Å². The largest absolute Gasteiger partial charge is 0.457 e. The monoisotopic (exact) mass is 477 g/mol. The summed E-state index contributed by atoms with van der Waals surface area (Å²) in [4.78, 5) is 24.6. The van der Waals surface area contributed by atoms with E-state index in [-0.39, 0.29) is 17.1 Å². The van der Waals surface area contributed by atoms with Crippen LogP contribution in [0.5, 0.6) is 0 Å². The van der Waals surface area contributed by atoms with Gasteiger partial charge in [-0.3, -0.25) is 4.72 Å². The molecule has 1 aromatic heterocycles. The Hall–Kier alpha value is -3.91. The first-order valence-corrected chi connectivity index (χ1v) is 12.0. The number of carbonyl (C=O) groups excluding carboxylic acids is 1. The van der Waals surface area contributed by atoms with Crippen molar-refractivity contribution in [3.8, 4) is 0 Å². The average Bonchev–Trinajstić information content (AvgIpc) is 2.78. The van der Waals surface area contributed by atoms with Gasteiger partial charge in [0.15, 0.2) is 0 Å². The van der Waals surface area contributed by atoms with Crippen molar-refractivity contribution in [2.75, 3.05) is 4.72 Å². The van der Waals surface area contributed by atoms with Crippen molar-refractivity contribution in [1.29, 1.82) is 0 Å². The third-order valence-electron chi connectivity index (χ3n) is 5.35. The van der Waals surface area contributed by atoms with Gasteiger partial charge in [0.1, 0.15) is 12.2 Å². The summed E-state index contributed by atoms with van der Waals surface area (Å²) in [6.45, 7) is 5.34. The number of rotatable bonds is 6. The summed E-state index contributed by atoms with van der Waals surface area (Å²) < 4.78 is 38.7. The molecule has 0 saturated heterocycles. The van der Waals surface area contributed by atoms with Gasteiger partial charge in [-0.1, -0.05) is 24.3 Å². The number of fused-ring (bicyclic) bond motifs is 1. The van der Waals surface area contributed by atoms with E-state index in [1.165, 1.54) is 30.3 Å². The van der Waals surface area contributed by atoms with Crippen LogP contribution in [0, 0.1) is 20.8 Å². The molecule has 4 aromatic rings. The third kappa shape index (κ3) is 5.02. The molecular formula is C26H23NO6S. The summed E-state index contributed by atoms with van der Waals surface area (Å²) in [6.07, 6.45) is 0.